The van der Waals surface area contributed by atoms with Gasteiger partial charge in [-0.3, -0.25) is 10.1 Å². The maximum Gasteiger partial charge on any atom is 0.339 e. The van der Waals surface area contributed by atoms with E-state index < -0.39 is 16.9 Å². The SMILES string of the molecule is O=C(N/N=C/c1ccc([N+](=O)[O-])cc1)Nc1ccc(C(=O)O)cc1. The van der Waals surface area contributed by atoms with Gasteiger partial charge in [0, 0.05) is 17.8 Å². The highest BCUT2D eigenvalue weighted by molar-refractivity contribution is 5.92. The molecule has 2 aromatic carbocycles. The number of benzene rings is 2. The van der Waals surface area contributed by atoms with E-state index in [2.05, 4.69) is 15.8 Å². The number of carboxylic acid groups (broad SMARTS) is 1. The van der Waals surface area contributed by atoms with Crippen molar-refractivity contribution in [2.75, 3.05) is 5.32 Å². The number of carbonyl (C=O) groups is 2. The normalized spacial score (nSPS) is 10.3. The van der Waals surface area contributed by atoms with E-state index in [4.69, 9.17) is 5.11 Å². The smallest absolute Gasteiger partial charge is 0.339 e. The molecule has 2 rings (SSSR count). The van der Waals surface area contributed by atoms with Gasteiger partial charge in [0.1, 0.15) is 0 Å². The number of non-ortho nitro benzene ring substituents is 1. The van der Waals surface area contributed by atoms with E-state index in [9.17, 15) is 19.7 Å². The van der Waals surface area contributed by atoms with Crippen LogP contribution in [0, 0.1) is 10.1 Å². The van der Waals surface area contributed by atoms with Crippen LogP contribution in [0.1, 0.15) is 15.9 Å². The average molecular weight is 328 g/mol. The Morgan fingerprint density at radius 3 is 2.25 bits per heavy atom. The van der Waals surface area contributed by atoms with Crippen LogP contribution >= 0.6 is 0 Å². The summed E-state index contributed by atoms with van der Waals surface area (Å²) < 4.78 is 0. The average Bonchev–Trinajstić information content (AvgIpc) is 2.55. The molecule has 3 N–H and O–H groups in total. The predicted octanol–water partition coefficient (Wildman–Crippen LogP) is 2.45. The quantitative estimate of drug-likeness (QED) is 0.440. The Balaban J connectivity index is 1.88. The maximum absolute atomic E-state index is 11.6. The zero-order valence-electron chi connectivity index (χ0n) is 12.2. The lowest BCUT2D eigenvalue weighted by molar-refractivity contribution is -0.384. The molecule has 122 valence electrons. The zero-order chi connectivity index (χ0) is 17.5. The molecule has 9 heteroatoms. The summed E-state index contributed by atoms with van der Waals surface area (Å²) in [6.07, 6.45) is 1.33. The van der Waals surface area contributed by atoms with E-state index in [0.29, 0.717) is 11.3 Å². The molecule has 0 atom stereocenters. The third kappa shape index (κ3) is 4.63. The Hall–Kier alpha value is -3.75. The van der Waals surface area contributed by atoms with Crippen LogP contribution in [-0.4, -0.2) is 28.2 Å². The van der Waals surface area contributed by atoms with Gasteiger partial charge >= 0.3 is 12.0 Å². The molecule has 0 aliphatic rings. The maximum atomic E-state index is 11.6. The van der Waals surface area contributed by atoms with E-state index in [0.717, 1.165) is 0 Å². The fourth-order valence-corrected chi connectivity index (χ4v) is 1.70. The van der Waals surface area contributed by atoms with Crippen molar-refractivity contribution in [1.82, 2.24) is 5.43 Å². The Bertz CT molecular complexity index is 785. The van der Waals surface area contributed by atoms with Crippen molar-refractivity contribution in [2.45, 2.75) is 0 Å². The number of amides is 2. The first-order valence-corrected chi connectivity index (χ1v) is 6.63. The first-order valence-electron chi connectivity index (χ1n) is 6.63. The second kappa shape index (κ2) is 7.49. The number of nitro groups is 1. The Labute approximate surface area is 135 Å². The lowest BCUT2D eigenvalue weighted by Gasteiger charge is -2.04. The van der Waals surface area contributed by atoms with Crippen LogP contribution in [0.5, 0.6) is 0 Å². The summed E-state index contributed by atoms with van der Waals surface area (Å²) in [6.45, 7) is 0. The molecule has 9 nitrogen and oxygen atoms in total. The van der Waals surface area contributed by atoms with Gasteiger partial charge < -0.3 is 10.4 Å². The third-order valence-electron chi connectivity index (χ3n) is 2.87. The van der Waals surface area contributed by atoms with Crippen molar-refractivity contribution in [3.05, 3.63) is 69.8 Å². The van der Waals surface area contributed by atoms with Crippen molar-refractivity contribution < 1.29 is 19.6 Å². The largest absolute Gasteiger partial charge is 0.478 e. The molecule has 0 aromatic heterocycles. The number of nitrogens with one attached hydrogen (secondary N) is 2. The van der Waals surface area contributed by atoms with Crippen LogP contribution in [0.4, 0.5) is 16.2 Å². The lowest BCUT2D eigenvalue weighted by atomic mass is 10.2. The minimum Gasteiger partial charge on any atom is -0.478 e. The number of carbonyl (C=O) groups excluding carboxylic acids is 1. The highest BCUT2D eigenvalue weighted by Crippen LogP contribution is 2.11. The Kier molecular flexibility index (Phi) is 5.19. The predicted molar refractivity (Wildman–Crippen MR) is 86.2 cm³/mol. The summed E-state index contributed by atoms with van der Waals surface area (Å²) >= 11 is 0. The summed E-state index contributed by atoms with van der Waals surface area (Å²) in [4.78, 5) is 32.3. The van der Waals surface area contributed by atoms with E-state index in [1.165, 1.54) is 54.7 Å². The van der Waals surface area contributed by atoms with E-state index in [1.54, 1.807) is 0 Å². The van der Waals surface area contributed by atoms with Crippen molar-refractivity contribution in [2.24, 2.45) is 5.10 Å². The van der Waals surface area contributed by atoms with Crippen LogP contribution < -0.4 is 10.7 Å². The van der Waals surface area contributed by atoms with Crippen LogP contribution in [0.3, 0.4) is 0 Å². The minimum atomic E-state index is -1.06. The van der Waals surface area contributed by atoms with Crippen molar-refractivity contribution in [3.8, 4) is 0 Å². The Morgan fingerprint density at radius 1 is 1.08 bits per heavy atom. The number of nitro benzene ring substituents is 1. The molecule has 0 spiro atoms. The number of rotatable bonds is 5. The van der Waals surface area contributed by atoms with E-state index in [-0.39, 0.29) is 11.3 Å². The molecule has 2 aromatic rings. The molecule has 0 saturated heterocycles. The van der Waals surface area contributed by atoms with Gasteiger partial charge in [0.2, 0.25) is 0 Å². The number of hydrogen-bond acceptors (Lipinski definition) is 5. The topological polar surface area (TPSA) is 134 Å². The van der Waals surface area contributed by atoms with Crippen molar-refractivity contribution >= 4 is 29.6 Å². The molecule has 2 amide bonds. The second-order valence-corrected chi connectivity index (χ2v) is 4.56. The molecule has 24 heavy (non-hydrogen) atoms. The highest BCUT2D eigenvalue weighted by Gasteiger charge is 2.04. The standard InChI is InChI=1S/C15H12N4O5/c20-14(21)11-3-5-12(6-4-11)17-15(22)18-16-9-10-1-7-13(8-2-10)19(23)24/h1-9H,(H,20,21)(H2,17,18,22)/b16-9+. The molecule has 0 fully saturated rings. The fraction of sp³-hybridized carbons (Fsp3) is 0. The monoisotopic (exact) mass is 328 g/mol. The second-order valence-electron chi connectivity index (χ2n) is 4.56. The van der Waals surface area contributed by atoms with Crippen LogP contribution in [0.15, 0.2) is 53.6 Å². The van der Waals surface area contributed by atoms with E-state index >= 15 is 0 Å². The van der Waals surface area contributed by atoms with Gasteiger partial charge in [0.25, 0.3) is 5.69 Å². The molecule has 0 aliphatic carbocycles. The molecule has 0 unspecified atom stereocenters. The summed E-state index contributed by atoms with van der Waals surface area (Å²) in [6, 6.07) is 10.6. The zero-order valence-corrected chi connectivity index (χ0v) is 12.2. The van der Waals surface area contributed by atoms with Gasteiger partial charge in [-0.2, -0.15) is 5.10 Å². The van der Waals surface area contributed by atoms with Crippen molar-refractivity contribution in [1.29, 1.82) is 0 Å². The molecular formula is C15H12N4O5. The molecule has 0 radical (unpaired) electrons. The minimum absolute atomic E-state index is 0.0392. The highest BCUT2D eigenvalue weighted by atomic mass is 16.6. The summed E-state index contributed by atoms with van der Waals surface area (Å²) in [7, 11) is 0. The van der Waals surface area contributed by atoms with E-state index in [1.807, 2.05) is 0 Å². The van der Waals surface area contributed by atoms with Crippen LogP contribution in [-0.2, 0) is 0 Å². The summed E-state index contributed by atoms with van der Waals surface area (Å²) in [5.74, 6) is -1.06. The van der Waals surface area contributed by atoms with Gasteiger partial charge in [0.15, 0.2) is 0 Å². The molecule has 0 heterocycles. The first kappa shape index (κ1) is 16.6. The fourth-order valence-electron chi connectivity index (χ4n) is 1.70. The summed E-state index contributed by atoms with van der Waals surface area (Å²) in [5, 5.41) is 25.5. The number of anilines is 1. The number of hydrogen-bond donors (Lipinski definition) is 3. The first-order chi connectivity index (χ1) is 11.5. The van der Waals surface area contributed by atoms with Gasteiger partial charge in [-0.1, -0.05) is 0 Å². The van der Waals surface area contributed by atoms with Gasteiger partial charge in [-0.05, 0) is 42.0 Å². The van der Waals surface area contributed by atoms with Gasteiger partial charge in [-0.15, -0.1) is 0 Å². The number of aromatic carboxylic acids is 1. The molecule has 0 aliphatic heterocycles. The number of nitrogens with zero attached hydrogens (tertiary/aromatic N) is 2. The molecule has 0 saturated carbocycles. The number of carboxylic acids is 1. The Morgan fingerprint density at radius 2 is 1.71 bits per heavy atom. The summed E-state index contributed by atoms with van der Waals surface area (Å²) in [5.41, 5.74) is 3.27. The number of urea groups is 1. The molecule has 0 bridgehead atoms. The van der Waals surface area contributed by atoms with Crippen molar-refractivity contribution in [3.63, 3.8) is 0 Å². The van der Waals surface area contributed by atoms with Crippen LogP contribution in [0.25, 0.3) is 0 Å². The van der Waals surface area contributed by atoms with Crippen LogP contribution in [0.2, 0.25) is 0 Å². The van der Waals surface area contributed by atoms with Gasteiger partial charge in [-0.25, -0.2) is 15.0 Å². The lowest BCUT2D eigenvalue weighted by Crippen LogP contribution is -2.24. The molecular weight excluding hydrogens is 316 g/mol. The third-order valence-corrected chi connectivity index (χ3v) is 2.87. The van der Waals surface area contributed by atoms with Gasteiger partial charge in [0.05, 0.1) is 16.7 Å². The number of hydrazone groups is 1.